The average molecular weight is 481 g/mol. The van der Waals surface area contributed by atoms with Crippen LogP contribution in [0.5, 0.6) is 0 Å². The van der Waals surface area contributed by atoms with E-state index in [0.717, 1.165) is 22.2 Å². The summed E-state index contributed by atoms with van der Waals surface area (Å²) >= 11 is 18.7. The number of aromatic nitrogens is 3. The Labute approximate surface area is 199 Å². The van der Waals surface area contributed by atoms with Gasteiger partial charge >= 0.3 is 0 Å². The molecule has 0 atom stereocenters. The van der Waals surface area contributed by atoms with Gasteiger partial charge in [0, 0.05) is 27.2 Å². The summed E-state index contributed by atoms with van der Waals surface area (Å²) in [6.45, 7) is 0.459. The highest BCUT2D eigenvalue weighted by atomic mass is 35.5. The smallest absolute Gasteiger partial charge is 0.279 e. The molecule has 0 aliphatic rings. The van der Waals surface area contributed by atoms with E-state index in [1.54, 1.807) is 45.8 Å². The fraction of sp³-hybridized carbons (Fsp3) is 0.0400. The first-order valence-electron chi connectivity index (χ1n) is 9.89. The predicted molar refractivity (Wildman–Crippen MR) is 131 cm³/mol. The van der Waals surface area contributed by atoms with Gasteiger partial charge in [-0.1, -0.05) is 77.3 Å². The number of benzene rings is 3. The van der Waals surface area contributed by atoms with Crippen LogP contribution in [0.15, 0.2) is 89.9 Å². The first-order valence-corrected chi connectivity index (χ1v) is 11.0. The summed E-state index contributed by atoms with van der Waals surface area (Å²) < 4.78 is 3.35. The van der Waals surface area contributed by atoms with Gasteiger partial charge in [0.1, 0.15) is 0 Å². The molecule has 4 nitrogen and oxygen atoms in total. The molecule has 0 fully saturated rings. The van der Waals surface area contributed by atoms with E-state index >= 15 is 0 Å². The molecule has 0 unspecified atom stereocenters. The molecule has 2 aromatic heterocycles. The van der Waals surface area contributed by atoms with Crippen LogP contribution in [0.4, 0.5) is 0 Å². The van der Waals surface area contributed by atoms with Gasteiger partial charge in [0.2, 0.25) is 0 Å². The Bertz CT molecular complexity index is 1490. The summed E-state index contributed by atoms with van der Waals surface area (Å²) in [7, 11) is 0. The first-order chi connectivity index (χ1) is 15.5. The second-order valence-corrected chi connectivity index (χ2v) is 8.64. The molecule has 0 radical (unpaired) electrons. The van der Waals surface area contributed by atoms with Crippen LogP contribution in [-0.2, 0) is 6.54 Å². The van der Waals surface area contributed by atoms with Crippen LogP contribution < -0.4 is 5.56 Å². The number of pyridine rings is 1. The molecular formula is C25H16Cl3N3O. The van der Waals surface area contributed by atoms with Crippen molar-refractivity contribution in [2.24, 2.45) is 0 Å². The SMILES string of the molecule is O=c1c2nn(-c3ccc(Cl)cc3Cl)c(-c3ccc(Cl)cc3)c2ccn1Cc1ccccc1. The second kappa shape index (κ2) is 8.47. The minimum absolute atomic E-state index is 0.176. The lowest BCUT2D eigenvalue weighted by Crippen LogP contribution is -2.20. The summed E-state index contributed by atoms with van der Waals surface area (Å²) in [5.41, 5.74) is 3.47. The van der Waals surface area contributed by atoms with Crippen molar-refractivity contribution in [3.63, 3.8) is 0 Å². The zero-order valence-electron chi connectivity index (χ0n) is 16.7. The van der Waals surface area contributed by atoms with Crippen LogP contribution >= 0.6 is 34.8 Å². The Morgan fingerprint density at radius 3 is 2.25 bits per heavy atom. The van der Waals surface area contributed by atoms with E-state index in [4.69, 9.17) is 39.9 Å². The Morgan fingerprint density at radius 2 is 1.53 bits per heavy atom. The molecule has 0 saturated heterocycles. The normalized spacial score (nSPS) is 11.2. The van der Waals surface area contributed by atoms with E-state index in [9.17, 15) is 4.79 Å². The van der Waals surface area contributed by atoms with Crippen LogP contribution in [0.25, 0.3) is 27.8 Å². The Balaban J connectivity index is 1.76. The molecule has 5 aromatic rings. The largest absolute Gasteiger partial charge is 0.309 e. The highest BCUT2D eigenvalue weighted by Gasteiger charge is 2.19. The van der Waals surface area contributed by atoms with Crippen LogP contribution in [0.3, 0.4) is 0 Å². The molecule has 5 rings (SSSR count). The minimum Gasteiger partial charge on any atom is -0.309 e. The standard InChI is InChI=1S/C25H16Cl3N3O/c26-18-8-6-17(7-9-18)24-20-12-13-30(15-16-4-2-1-3-5-16)25(32)23(20)29-31(24)22-11-10-19(27)14-21(22)28/h1-14H,15H2. The molecular weight excluding hydrogens is 465 g/mol. The molecule has 0 bridgehead atoms. The molecule has 0 spiro atoms. The van der Waals surface area contributed by atoms with E-state index < -0.39 is 0 Å². The van der Waals surface area contributed by atoms with E-state index in [1.807, 2.05) is 48.5 Å². The lowest BCUT2D eigenvalue weighted by atomic mass is 10.1. The van der Waals surface area contributed by atoms with Gasteiger partial charge in [-0.15, -0.1) is 0 Å². The number of rotatable bonds is 4. The molecule has 0 aliphatic carbocycles. The fourth-order valence-corrected chi connectivity index (χ4v) is 4.35. The van der Waals surface area contributed by atoms with Gasteiger partial charge in [-0.05, 0) is 42.0 Å². The van der Waals surface area contributed by atoms with Crippen molar-refractivity contribution >= 4 is 45.7 Å². The summed E-state index contributed by atoms with van der Waals surface area (Å²) in [6.07, 6.45) is 1.80. The molecule has 7 heteroatoms. The maximum absolute atomic E-state index is 13.4. The lowest BCUT2D eigenvalue weighted by molar-refractivity contribution is 0.764. The quantitative estimate of drug-likeness (QED) is 0.282. The maximum atomic E-state index is 13.4. The van der Waals surface area contributed by atoms with E-state index in [1.165, 1.54) is 0 Å². The third kappa shape index (κ3) is 3.82. The van der Waals surface area contributed by atoms with Gasteiger partial charge in [-0.3, -0.25) is 4.79 Å². The Morgan fingerprint density at radius 1 is 0.812 bits per heavy atom. The third-order valence-corrected chi connectivity index (χ3v) is 6.05. The van der Waals surface area contributed by atoms with Gasteiger partial charge in [0.05, 0.1) is 22.9 Å². The van der Waals surface area contributed by atoms with Gasteiger partial charge in [0.25, 0.3) is 5.56 Å². The molecule has 0 aliphatic heterocycles. The van der Waals surface area contributed by atoms with E-state index in [-0.39, 0.29) is 5.56 Å². The first kappa shape index (κ1) is 20.8. The van der Waals surface area contributed by atoms with Crippen molar-refractivity contribution in [2.75, 3.05) is 0 Å². The van der Waals surface area contributed by atoms with Gasteiger partial charge in [0.15, 0.2) is 5.52 Å². The van der Waals surface area contributed by atoms with Crippen LogP contribution in [0.2, 0.25) is 15.1 Å². The topological polar surface area (TPSA) is 39.8 Å². The third-order valence-electron chi connectivity index (χ3n) is 5.26. The number of hydrogen-bond acceptors (Lipinski definition) is 2. The van der Waals surface area contributed by atoms with Crippen molar-refractivity contribution < 1.29 is 0 Å². The summed E-state index contributed by atoms with van der Waals surface area (Å²) in [4.78, 5) is 13.4. The Hall–Kier alpha value is -3.05. The van der Waals surface area contributed by atoms with Crippen LogP contribution in [0, 0.1) is 0 Å². The second-order valence-electron chi connectivity index (χ2n) is 7.36. The summed E-state index contributed by atoms with van der Waals surface area (Å²) in [5.74, 6) is 0. The highest BCUT2D eigenvalue weighted by Crippen LogP contribution is 2.33. The average Bonchev–Trinajstić information content (AvgIpc) is 3.17. The van der Waals surface area contributed by atoms with Crippen LogP contribution in [0.1, 0.15) is 5.56 Å². The number of fused-ring (bicyclic) bond motifs is 1. The lowest BCUT2D eigenvalue weighted by Gasteiger charge is -2.10. The maximum Gasteiger partial charge on any atom is 0.279 e. The summed E-state index contributed by atoms with van der Waals surface area (Å²) in [5, 5.41) is 7.01. The number of halogens is 3. The van der Waals surface area contributed by atoms with Gasteiger partial charge in [-0.2, -0.15) is 5.10 Å². The van der Waals surface area contributed by atoms with Gasteiger partial charge in [-0.25, -0.2) is 4.68 Å². The zero-order valence-corrected chi connectivity index (χ0v) is 18.9. The van der Waals surface area contributed by atoms with E-state index in [0.29, 0.717) is 32.8 Å². The summed E-state index contributed by atoms with van der Waals surface area (Å²) in [6, 6.07) is 24.3. The van der Waals surface area contributed by atoms with E-state index in [2.05, 4.69) is 0 Å². The molecule has 3 aromatic carbocycles. The van der Waals surface area contributed by atoms with Crippen LogP contribution in [-0.4, -0.2) is 14.3 Å². The molecule has 0 amide bonds. The van der Waals surface area contributed by atoms with Crippen molar-refractivity contribution in [3.05, 3.63) is 116 Å². The molecule has 0 saturated carbocycles. The van der Waals surface area contributed by atoms with Crippen molar-refractivity contribution in [1.82, 2.24) is 14.3 Å². The number of nitrogens with zero attached hydrogens (tertiary/aromatic N) is 3. The van der Waals surface area contributed by atoms with Crippen molar-refractivity contribution in [1.29, 1.82) is 0 Å². The fourth-order valence-electron chi connectivity index (χ4n) is 3.73. The zero-order chi connectivity index (χ0) is 22.2. The van der Waals surface area contributed by atoms with Crippen molar-refractivity contribution in [3.8, 4) is 16.9 Å². The molecule has 2 heterocycles. The number of hydrogen-bond donors (Lipinski definition) is 0. The highest BCUT2D eigenvalue weighted by molar-refractivity contribution is 6.35. The monoisotopic (exact) mass is 479 g/mol. The molecule has 32 heavy (non-hydrogen) atoms. The molecule has 158 valence electrons. The van der Waals surface area contributed by atoms with Gasteiger partial charge < -0.3 is 4.57 Å². The minimum atomic E-state index is -0.176. The predicted octanol–water partition coefficient (Wildman–Crippen LogP) is 6.86. The molecule has 0 N–H and O–H groups in total. The Kier molecular flexibility index (Phi) is 5.51. The van der Waals surface area contributed by atoms with Crippen molar-refractivity contribution in [2.45, 2.75) is 6.54 Å².